The lowest BCUT2D eigenvalue weighted by atomic mass is 10.1. The lowest BCUT2D eigenvalue weighted by Gasteiger charge is -2.19. The third kappa shape index (κ3) is 5.87. The molecular formula is C18H20Cl2N2O. The maximum absolute atomic E-state index is 12.2. The van der Waals surface area contributed by atoms with E-state index in [0.29, 0.717) is 23.1 Å². The summed E-state index contributed by atoms with van der Waals surface area (Å²) < 4.78 is 0. The number of carbonyl (C=O) groups is 1. The maximum atomic E-state index is 12.2. The van der Waals surface area contributed by atoms with Gasteiger partial charge in [0.05, 0.1) is 12.6 Å². The fraction of sp³-hybridized carbons (Fsp3) is 0.278. The minimum Gasteiger partial charge on any atom is -0.348 e. The quantitative estimate of drug-likeness (QED) is 0.842. The molecule has 5 heteroatoms. The Morgan fingerprint density at radius 1 is 1.13 bits per heavy atom. The summed E-state index contributed by atoms with van der Waals surface area (Å²) in [5.41, 5.74) is 2.07. The van der Waals surface area contributed by atoms with Crippen LogP contribution in [0.2, 0.25) is 10.0 Å². The van der Waals surface area contributed by atoms with E-state index in [1.54, 1.807) is 0 Å². The normalized spacial score (nSPS) is 12.2. The van der Waals surface area contributed by atoms with Crippen molar-refractivity contribution in [2.24, 2.45) is 0 Å². The smallest absolute Gasteiger partial charge is 0.234 e. The van der Waals surface area contributed by atoms with Gasteiger partial charge in [-0.1, -0.05) is 47.5 Å². The molecule has 0 radical (unpaired) electrons. The zero-order valence-electron chi connectivity index (χ0n) is 13.2. The molecule has 0 saturated carbocycles. The Bertz CT molecular complexity index is 676. The first-order chi connectivity index (χ1) is 10.9. The summed E-state index contributed by atoms with van der Waals surface area (Å²) in [5.74, 6) is -0.0259. The van der Waals surface area contributed by atoms with Crippen molar-refractivity contribution in [2.75, 3.05) is 13.6 Å². The van der Waals surface area contributed by atoms with Gasteiger partial charge in [-0.2, -0.15) is 0 Å². The molecule has 0 saturated heterocycles. The van der Waals surface area contributed by atoms with Gasteiger partial charge in [-0.3, -0.25) is 9.69 Å². The molecule has 2 rings (SSSR count). The molecule has 23 heavy (non-hydrogen) atoms. The van der Waals surface area contributed by atoms with Crippen LogP contribution in [0.25, 0.3) is 0 Å². The highest BCUT2D eigenvalue weighted by molar-refractivity contribution is 6.30. The van der Waals surface area contributed by atoms with Crippen LogP contribution in [0.15, 0.2) is 48.5 Å². The van der Waals surface area contributed by atoms with Crippen molar-refractivity contribution in [3.05, 3.63) is 69.7 Å². The molecule has 0 aliphatic heterocycles. The van der Waals surface area contributed by atoms with Gasteiger partial charge in [0.25, 0.3) is 0 Å². The van der Waals surface area contributed by atoms with Crippen molar-refractivity contribution >= 4 is 29.1 Å². The number of benzene rings is 2. The van der Waals surface area contributed by atoms with E-state index in [-0.39, 0.29) is 11.9 Å². The van der Waals surface area contributed by atoms with E-state index in [0.717, 1.165) is 11.1 Å². The average molecular weight is 351 g/mol. The standard InChI is InChI=1S/C18H20Cl2N2O/c1-13(15-6-4-8-17(20)10-15)21-18(23)12-22(2)11-14-5-3-7-16(19)9-14/h3-10,13H,11-12H2,1-2H3,(H,21,23). The maximum Gasteiger partial charge on any atom is 0.234 e. The van der Waals surface area contributed by atoms with Crippen molar-refractivity contribution in [3.63, 3.8) is 0 Å². The van der Waals surface area contributed by atoms with Crippen molar-refractivity contribution < 1.29 is 4.79 Å². The van der Waals surface area contributed by atoms with Gasteiger partial charge in [0, 0.05) is 16.6 Å². The second kappa shape index (κ2) is 8.34. The number of halogens is 2. The van der Waals surface area contributed by atoms with E-state index in [1.165, 1.54) is 0 Å². The number of hydrogen-bond donors (Lipinski definition) is 1. The van der Waals surface area contributed by atoms with Crippen LogP contribution in [0.1, 0.15) is 24.1 Å². The predicted octanol–water partition coefficient (Wildman–Crippen LogP) is 4.30. The topological polar surface area (TPSA) is 32.3 Å². The van der Waals surface area contributed by atoms with Gasteiger partial charge in [0.15, 0.2) is 0 Å². The summed E-state index contributed by atoms with van der Waals surface area (Å²) >= 11 is 12.0. The van der Waals surface area contributed by atoms with Gasteiger partial charge in [0.1, 0.15) is 0 Å². The molecule has 3 nitrogen and oxygen atoms in total. The summed E-state index contributed by atoms with van der Waals surface area (Å²) in [4.78, 5) is 14.1. The van der Waals surface area contributed by atoms with Crippen LogP contribution < -0.4 is 5.32 Å². The third-order valence-corrected chi connectivity index (χ3v) is 3.95. The molecule has 0 bridgehead atoms. The number of hydrogen-bond acceptors (Lipinski definition) is 2. The van der Waals surface area contributed by atoms with Crippen LogP contribution >= 0.6 is 23.2 Å². The number of likely N-dealkylation sites (N-methyl/N-ethyl adjacent to an activating group) is 1. The Kier molecular flexibility index (Phi) is 6.46. The second-order valence-electron chi connectivity index (χ2n) is 5.65. The lowest BCUT2D eigenvalue weighted by Crippen LogP contribution is -2.36. The van der Waals surface area contributed by atoms with Crippen molar-refractivity contribution in [1.29, 1.82) is 0 Å². The van der Waals surface area contributed by atoms with E-state index < -0.39 is 0 Å². The van der Waals surface area contributed by atoms with Gasteiger partial charge in [-0.25, -0.2) is 0 Å². The highest BCUT2D eigenvalue weighted by Crippen LogP contribution is 2.17. The Hall–Kier alpha value is -1.55. The molecule has 0 aliphatic rings. The lowest BCUT2D eigenvalue weighted by molar-refractivity contribution is -0.122. The molecular weight excluding hydrogens is 331 g/mol. The fourth-order valence-corrected chi connectivity index (χ4v) is 2.81. The highest BCUT2D eigenvalue weighted by atomic mass is 35.5. The van der Waals surface area contributed by atoms with E-state index in [4.69, 9.17) is 23.2 Å². The van der Waals surface area contributed by atoms with Crippen LogP contribution in [0.4, 0.5) is 0 Å². The van der Waals surface area contributed by atoms with Crippen LogP contribution in [0, 0.1) is 0 Å². The van der Waals surface area contributed by atoms with Gasteiger partial charge in [0.2, 0.25) is 5.91 Å². The molecule has 122 valence electrons. The first kappa shape index (κ1) is 17.8. The van der Waals surface area contributed by atoms with Gasteiger partial charge < -0.3 is 5.32 Å². The van der Waals surface area contributed by atoms with Gasteiger partial charge >= 0.3 is 0 Å². The molecule has 1 unspecified atom stereocenters. The number of rotatable bonds is 6. The summed E-state index contributed by atoms with van der Waals surface area (Å²) in [6, 6.07) is 15.1. The number of carbonyl (C=O) groups excluding carboxylic acids is 1. The molecule has 0 heterocycles. The summed E-state index contributed by atoms with van der Waals surface area (Å²) in [6.45, 7) is 2.93. The molecule has 2 aromatic rings. The van der Waals surface area contributed by atoms with Crippen LogP contribution in [0.5, 0.6) is 0 Å². The van der Waals surface area contributed by atoms with Crippen LogP contribution in [-0.4, -0.2) is 24.4 Å². The molecule has 0 aromatic heterocycles. The minimum absolute atomic E-state index is 0.0259. The fourth-order valence-electron chi connectivity index (χ4n) is 2.39. The Morgan fingerprint density at radius 2 is 1.78 bits per heavy atom. The highest BCUT2D eigenvalue weighted by Gasteiger charge is 2.12. The number of nitrogens with one attached hydrogen (secondary N) is 1. The number of amides is 1. The number of nitrogens with zero attached hydrogens (tertiary/aromatic N) is 1. The van der Waals surface area contributed by atoms with E-state index >= 15 is 0 Å². The first-order valence-electron chi connectivity index (χ1n) is 7.42. The second-order valence-corrected chi connectivity index (χ2v) is 6.52. The third-order valence-electron chi connectivity index (χ3n) is 3.48. The molecule has 0 spiro atoms. The summed E-state index contributed by atoms with van der Waals surface area (Å²) in [6.07, 6.45) is 0. The molecule has 1 amide bonds. The van der Waals surface area contributed by atoms with Crippen molar-refractivity contribution in [1.82, 2.24) is 10.2 Å². The van der Waals surface area contributed by atoms with Crippen molar-refractivity contribution in [3.8, 4) is 0 Å². The molecule has 1 atom stereocenters. The molecule has 2 aromatic carbocycles. The summed E-state index contributed by atoms with van der Waals surface area (Å²) in [7, 11) is 1.91. The zero-order valence-corrected chi connectivity index (χ0v) is 14.7. The largest absolute Gasteiger partial charge is 0.348 e. The molecule has 1 N–H and O–H groups in total. The van der Waals surface area contributed by atoms with E-state index in [9.17, 15) is 4.79 Å². The van der Waals surface area contributed by atoms with Crippen LogP contribution in [-0.2, 0) is 11.3 Å². The summed E-state index contributed by atoms with van der Waals surface area (Å²) in [5, 5.41) is 4.36. The monoisotopic (exact) mass is 350 g/mol. The minimum atomic E-state index is -0.0826. The van der Waals surface area contributed by atoms with Gasteiger partial charge in [-0.05, 0) is 49.4 Å². The predicted molar refractivity (Wildman–Crippen MR) is 95.8 cm³/mol. The average Bonchev–Trinajstić information content (AvgIpc) is 2.46. The zero-order chi connectivity index (χ0) is 16.8. The SMILES string of the molecule is CC(NC(=O)CN(C)Cc1cccc(Cl)c1)c1cccc(Cl)c1. The van der Waals surface area contributed by atoms with Gasteiger partial charge in [-0.15, -0.1) is 0 Å². The first-order valence-corrected chi connectivity index (χ1v) is 8.17. The van der Waals surface area contributed by atoms with E-state index in [2.05, 4.69) is 5.32 Å². The molecule has 0 aliphatic carbocycles. The van der Waals surface area contributed by atoms with Crippen LogP contribution in [0.3, 0.4) is 0 Å². The Balaban J connectivity index is 1.86. The van der Waals surface area contributed by atoms with Crippen molar-refractivity contribution in [2.45, 2.75) is 19.5 Å². The van der Waals surface area contributed by atoms with E-state index in [1.807, 2.05) is 67.4 Å². The Morgan fingerprint density at radius 3 is 2.43 bits per heavy atom. The molecule has 0 fully saturated rings. The Labute approximate surface area is 147 Å².